The maximum Gasteiger partial charge on any atom is 0.147 e. The van der Waals surface area contributed by atoms with E-state index >= 15 is 0 Å². The lowest BCUT2D eigenvalue weighted by molar-refractivity contribution is 0.343. The first-order chi connectivity index (χ1) is 9.26. The molecule has 1 aliphatic carbocycles. The number of rotatable bonds is 5. The van der Waals surface area contributed by atoms with Crippen molar-refractivity contribution < 1.29 is 4.74 Å². The van der Waals surface area contributed by atoms with Crippen molar-refractivity contribution in [3.05, 3.63) is 24.0 Å². The summed E-state index contributed by atoms with van der Waals surface area (Å²) in [6, 6.07) is 6.59. The van der Waals surface area contributed by atoms with Crippen LogP contribution < -0.4 is 4.74 Å². The first-order valence-electron chi connectivity index (χ1n) is 6.94. The second-order valence-electron chi connectivity index (χ2n) is 5.17. The summed E-state index contributed by atoms with van der Waals surface area (Å²) in [7, 11) is 0. The molecule has 0 N–H and O–H groups in total. The molecule has 1 heterocycles. The second kappa shape index (κ2) is 5.04. The highest BCUT2D eigenvalue weighted by atomic mass is 35.5. The summed E-state index contributed by atoms with van der Waals surface area (Å²) < 4.78 is 7.96. The maximum absolute atomic E-state index is 6.08. The summed E-state index contributed by atoms with van der Waals surface area (Å²) in [6.45, 7) is 4.91. The molecule has 0 amide bonds. The van der Waals surface area contributed by atoms with E-state index in [1.165, 1.54) is 12.8 Å². The number of alkyl halides is 1. The van der Waals surface area contributed by atoms with Crippen molar-refractivity contribution in [2.75, 3.05) is 6.61 Å². The third kappa shape index (κ3) is 2.20. The van der Waals surface area contributed by atoms with Gasteiger partial charge in [-0.05, 0) is 44.7 Å². The van der Waals surface area contributed by atoms with Crippen molar-refractivity contribution in [1.82, 2.24) is 9.55 Å². The lowest BCUT2D eigenvalue weighted by Gasteiger charge is -2.16. The Bertz CT molecular complexity index is 589. The van der Waals surface area contributed by atoms with Gasteiger partial charge in [-0.15, -0.1) is 11.6 Å². The summed E-state index contributed by atoms with van der Waals surface area (Å²) >= 11 is 6.08. The Morgan fingerprint density at radius 2 is 2.26 bits per heavy atom. The van der Waals surface area contributed by atoms with E-state index in [9.17, 15) is 0 Å². The molecule has 1 atom stereocenters. The van der Waals surface area contributed by atoms with Gasteiger partial charge in [0.1, 0.15) is 17.1 Å². The van der Waals surface area contributed by atoms with Gasteiger partial charge in [0, 0.05) is 6.04 Å². The molecule has 1 saturated carbocycles. The zero-order chi connectivity index (χ0) is 13.4. The van der Waals surface area contributed by atoms with Gasteiger partial charge in [0.15, 0.2) is 0 Å². The van der Waals surface area contributed by atoms with Crippen molar-refractivity contribution >= 4 is 22.6 Å². The number of aromatic nitrogens is 2. The van der Waals surface area contributed by atoms with Crippen molar-refractivity contribution in [3.8, 4) is 5.75 Å². The monoisotopic (exact) mass is 278 g/mol. The fourth-order valence-corrected chi connectivity index (χ4v) is 2.94. The van der Waals surface area contributed by atoms with Crippen molar-refractivity contribution in [1.29, 1.82) is 0 Å². The van der Waals surface area contributed by atoms with E-state index < -0.39 is 0 Å². The first-order valence-corrected chi connectivity index (χ1v) is 7.48. The molecule has 1 fully saturated rings. The van der Waals surface area contributed by atoms with E-state index in [4.69, 9.17) is 16.3 Å². The number of hydrogen-bond acceptors (Lipinski definition) is 2. The van der Waals surface area contributed by atoms with Crippen molar-refractivity contribution in [3.63, 3.8) is 0 Å². The molecule has 1 unspecified atom stereocenters. The van der Waals surface area contributed by atoms with Crippen LogP contribution in [0.15, 0.2) is 18.2 Å². The van der Waals surface area contributed by atoms with E-state index in [-0.39, 0.29) is 0 Å². The van der Waals surface area contributed by atoms with Gasteiger partial charge in [0.05, 0.1) is 18.0 Å². The highest BCUT2D eigenvalue weighted by molar-refractivity contribution is 6.16. The Kier molecular flexibility index (Phi) is 3.40. The third-order valence-corrected chi connectivity index (χ3v) is 4.13. The molecule has 3 rings (SSSR count). The summed E-state index contributed by atoms with van der Waals surface area (Å²) in [5.41, 5.74) is 2.08. The lowest BCUT2D eigenvalue weighted by Crippen LogP contribution is -2.10. The van der Waals surface area contributed by atoms with Crippen molar-refractivity contribution in [2.24, 2.45) is 5.92 Å². The van der Waals surface area contributed by atoms with E-state index in [1.54, 1.807) is 0 Å². The molecule has 0 radical (unpaired) electrons. The predicted molar refractivity (Wildman–Crippen MR) is 77.9 cm³/mol. The topological polar surface area (TPSA) is 27.1 Å². The van der Waals surface area contributed by atoms with Gasteiger partial charge in [0.25, 0.3) is 0 Å². The van der Waals surface area contributed by atoms with Gasteiger partial charge in [-0.3, -0.25) is 0 Å². The molecule has 102 valence electrons. The number of nitrogens with zero attached hydrogens (tertiary/aromatic N) is 2. The number of fused-ring (bicyclic) bond motifs is 1. The van der Waals surface area contributed by atoms with Gasteiger partial charge < -0.3 is 9.30 Å². The average Bonchev–Trinajstić information content (AvgIpc) is 3.19. The third-order valence-electron chi connectivity index (χ3n) is 3.89. The largest absolute Gasteiger partial charge is 0.492 e. The predicted octanol–water partition coefficient (Wildman–Crippen LogP) is 4.14. The zero-order valence-corrected chi connectivity index (χ0v) is 12.2. The molecular weight excluding hydrogens is 260 g/mol. The molecule has 0 aliphatic heterocycles. The number of ether oxygens (including phenoxy) is 1. The van der Waals surface area contributed by atoms with Crippen LogP contribution in [-0.4, -0.2) is 16.2 Å². The first kappa shape index (κ1) is 12.8. The fraction of sp³-hybridized carbons (Fsp3) is 0.533. The van der Waals surface area contributed by atoms with E-state index in [1.807, 2.05) is 19.1 Å². The maximum atomic E-state index is 6.08. The molecule has 2 aromatic rings. The van der Waals surface area contributed by atoms with E-state index in [0.717, 1.165) is 28.5 Å². The molecule has 0 saturated heterocycles. The molecule has 1 aliphatic rings. The van der Waals surface area contributed by atoms with Gasteiger partial charge in [-0.25, -0.2) is 4.98 Å². The van der Waals surface area contributed by atoms with Gasteiger partial charge in [0.2, 0.25) is 0 Å². The van der Waals surface area contributed by atoms with Gasteiger partial charge in [-0.2, -0.15) is 0 Å². The van der Waals surface area contributed by atoms with E-state index in [0.29, 0.717) is 18.5 Å². The Morgan fingerprint density at radius 1 is 1.47 bits per heavy atom. The van der Waals surface area contributed by atoms with Crippen LogP contribution in [0.1, 0.15) is 38.6 Å². The zero-order valence-electron chi connectivity index (χ0n) is 11.4. The number of imidazole rings is 1. The normalized spacial score (nSPS) is 16.8. The molecule has 1 aromatic carbocycles. The Morgan fingerprint density at radius 3 is 2.89 bits per heavy atom. The number of benzene rings is 1. The smallest absolute Gasteiger partial charge is 0.147 e. The Labute approximate surface area is 118 Å². The fourth-order valence-electron chi connectivity index (χ4n) is 2.75. The minimum atomic E-state index is 0.442. The van der Waals surface area contributed by atoms with Crippen LogP contribution in [0.3, 0.4) is 0 Å². The summed E-state index contributed by atoms with van der Waals surface area (Å²) in [5, 5.41) is 0. The Hall–Kier alpha value is -1.22. The van der Waals surface area contributed by atoms with Gasteiger partial charge >= 0.3 is 0 Å². The number of halogens is 1. The molecule has 19 heavy (non-hydrogen) atoms. The van der Waals surface area contributed by atoms with Gasteiger partial charge in [-0.1, -0.05) is 6.07 Å². The minimum absolute atomic E-state index is 0.442. The second-order valence-corrected chi connectivity index (χ2v) is 5.43. The van der Waals surface area contributed by atoms with Crippen LogP contribution in [-0.2, 0) is 5.88 Å². The molecule has 3 nitrogen and oxygen atoms in total. The molecule has 0 bridgehead atoms. The quantitative estimate of drug-likeness (QED) is 0.769. The summed E-state index contributed by atoms with van der Waals surface area (Å²) in [4.78, 5) is 4.69. The van der Waals surface area contributed by atoms with Crippen LogP contribution in [0.25, 0.3) is 11.0 Å². The number of para-hydroxylation sites is 1. The van der Waals surface area contributed by atoms with Crippen molar-refractivity contribution in [2.45, 2.75) is 38.6 Å². The molecule has 1 aromatic heterocycles. The lowest BCUT2D eigenvalue weighted by atomic mass is 10.2. The molecular formula is C15H19ClN2O. The SMILES string of the molecule is CCOc1cccc2c1nc(CCl)n2C(C)C1CC1. The van der Waals surface area contributed by atoms with E-state index in [2.05, 4.69) is 22.5 Å². The highest BCUT2D eigenvalue weighted by Crippen LogP contribution is 2.42. The number of hydrogen-bond donors (Lipinski definition) is 0. The molecule has 0 spiro atoms. The van der Waals surface area contributed by atoms with Crippen LogP contribution >= 0.6 is 11.6 Å². The average molecular weight is 279 g/mol. The molecule has 4 heteroatoms. The standard InChI is InChI=1S/C15H19ClN2O/c1-3-19-13-6-4-5-12-15(13)17-14(9-16)18(12)10(2)11-7-8-11/h4-6,10-11H,3,7-9H2,1-2H3. The van der Waals surface area contributed by atoms with Crippen LogP contribution in [0.5, 0.6) is 5.75 Å². The van der Waals surface area contributed by atoms with Crippen LogP contribution in [0.2, 0.25) is 0 Å². The summed E-state index contributed by atoms with van der Waals surface area (Å²) in [5.74, 6) is 3.02. The van der Waals surface area contributed by atoms with Crippen LogP contribution in [0, 0.1) is 5.92 Å². The minimum Gasteiger partial charge on any atom is -0.492 e. The van der Waals surface area contributed by atoms with Crippen LogP contribution in [0.4, 0.5) is 0 Å². The summed E-state index contributed by atoms with van der Waals surface area (Å²) in [6.07, 6.45) is 2.63. The Balaban J connectivity index is 2.15. The highest BCUT2D eigenvalue weighted by Gasteiger charge is 2.31.